The Hall–Kier alpha value is -3.17. The van der Waals surface area contributed by atoms with Crippen molar-refractivity contribution in [3.63, 3.8) is 0 Å². The Morgan fingerprint density at radius 1 is 1.20 bits per heavy atom. The first-order valence-corrected chi connectivity index (χ1v) is 12.4. The van der Waals surface area contributed by atoms with Gasteiger partial charge in [0.2, 0.25) is 17.8 Å². The maximum Gasteiger partial charge on any atom is 0.248 e. The van der Waals surface area contributed by atoms with Gasteiger partial charge in [-0.1, -0.05) is 37.1 Å². The molecule has 2 aromatic rings. The molecule has 9 nitrogen and oxygen atoms in total. The first-order valence-electron chi connectivity index (χ1n) is 12.0. The van der Waals surface area contributed by atoms with E-state index in [2.05, 4.69) is 38.6 Å². The van der Waals surface area contributed by atoms with E-state index in [-0.39, 0.29) is 17.9 Å². The van der Waals surface area contributed by atoms with Crippen molar-refractivity contribution in [3.05, 3.63) is 47.6 Å². The molecule has 0 spiro atoms. The number of piperidine rings is 1. The van der Waals surface area contributed by atoms with Crippen molar-refractivity contribution in [2.24, 2.45) is 0 Å². The molecule has 10 heteroatoms. The molecule has 2 aliphatic rings. The molecule has 2 fully saturated rings. The van der Waals surface area contributed by atoms with Crippen molar-refractivity contribution < 1.29 is 14.7 Å². The molecule has 4 rings (SSSR count). The van der Waals surface area contributed by atoms with Crippen LogP contribution >= 0.6 is 11.6 Å². The molecule has 35 heavy (non-hydrogen) atoms. The van der Waals surface area contributed by atoms with E-state index in [1.54, 1.807) is 4.90 Å². The lowest BCUT2D eigenvalue weighted by Crippen LogP contribution is -2.46. The van der Waals surface area contributed by atoms with Crippen LogP contribution in [0, 0.1) is 0 Å². The standard InChI is InChI=1S/C25H31ClN6O3/c1-2-22(34)29-21-12-17(16-6-3-4-7-16)9-10-20(21)30-24-19(26)13-27-25(31-24)28-18-8-5-11-32(14-18)23(35)15-33/h2,9-10,12-13,16,18,33H,1,3-8,11,14-15H2,(H,29,34)(H2,27,28,30,31)/t18-/m0/s1. The number of amides is 2. The van der Waals surface area contributed by atoms with Crippen molar-refractivity contribution >= 4 is 46.6 Å². The van der Waals surface area contributed by atoms with Crippen molar-refractivity contribution in [1.82, 2.24) is 14.9 Å². The minimum Gasteiger partial charge on any atom is -0.387 e. The number of carbonyl (C=O) groups is 2. The highest BCUT2D eigenvalue weighted by Crippen LogP contribution is 2.38. The Balaban J connectivity index is 1.53. The maximum atomic E-state index is 12.1. The fourth-order valence-electron chi connectivity index (χ4n) is 4.73. The zero-order valence-electron chi connectivity index (χ0n) is 19.6. The molecule has 4 N–H and O–H groups in total. The zero-order chi connectivity index (χ0) is 24.8. The summed E-state index contributed by atoms with van der Waals surface area (Å²) >= 11 is 6.39. The molecule has 1 aliphatic carbocycles. The second kappa shape index (κ2) is 11.5. The number of carbonyl (C=O) groups excluding carboxylic acids is 2. The second-order valence-electron chi connectivity index (χ2n) is 8.98. The summed E-state index contributed by atoms with van der Waals surface area (Å²) in [5.41, 5.74) is 2.49. The van der Waals surface area contributed by atoms with Crippen LogP contribution in [0.25, 0.3) is 0 Å². The van der Waals surface area contributed by atoms with E-state index in [9.17, 15) is 9.59 Å². The number of halogens is 1. The molecule has 0 bridgehead atoms. The molecule has 1 saturated carbocycles. The lowest BCUT2D eigenvalue weighted by atomic mass is 9.96. The monoisotopic (exact) mass is 498 g/mol. The van der Waals surface area contributed by atoms with Crippen LogP contribution in [0.5, 0.6) is 0 Å². The number of benzene rings is 1. The molecule has 0 radical (unpaired) electrons. The Morgan fingerprint density at radius 3 is 2.74 bits per heavy atom. The van der Waals surface area contributed by atoms with Crippen LogP contribution in [-0.4, -0.2) is 57.5 Å². The van der Waals surface area contributed by atoms with E-state index < -0.39 is 6.61 Å². The van der Waals surface area contributed by atoms with Crippen molar-refractivity contribution in [2.45, 2.75) is 50.5 Å². The number of aliphatic hydroxyl groups excluding tert-OH is 1. The van der Waals surface area contributed by atoms with Crippen LogP contribution in [0.3, 0.4) is 0 Å². The molecule has 186 valence electrons. The first kappa shape index (κ1) is 24.9. The van der Waals surface area contributed by atoms with E-state index in [0.717, 1.165) is 25.7 Å². The molecular weight excluding hydrogens is 468 g/mol. The lowest BCUT2D eigenvalue weighted by Gasteiger charge is -2.32. The van der Waals surface area contributed by atoms with Crippen LogP contribution in [0.4, 0.5) is 23.1 Å². The second-order valence-corrected chi connectivity index (χ2v) is 9.38. The van der Waals surface area contributed by atoms with E-state index in [0.29, 0.717) is 47.2 Å². The van der Waals surface area contributed by atoms with Crippen LogP contribution in [0.15, 0.2) is 37.1 Å². The summed E-state index contributed by atoms with van der Waals surface area (Å²) in [4.78, 5) is 34.4. The van der Waals surface area contributed by atoms with Gasteiger partial charge in [-0.15, -0.1) is 0 Å². The van der Waals surface area contributed by atoms with Gasteiger partial charge in [0.1, 0.15) is 11.6 Å². The van der Waals surface area contributed by atoms with Crippen molar-refractivity contribution in [3.8, 4) is 0 Å². The SMILES string of the molecule is C=CC(=O)Nc1cc(C2CCCC2)ccc1Nc1nc(N[C@H]2CCCN(C(=O)CO)C2)ncc1Cl. The molecule has 1 atom stereocenters. The van der Waals surface area contributed by atoms with E-state index >= 15 is 0 Å². The number of aliphatic hydroxyl groups is 1. The summed E-state index contributed by atoms with van der Waals surface area (Å²) in [5, 5.41) is 18.9. The fourth-order valence-corrected chi connectivity index (χ4v) is 4.87. The molecule has 1 aromatic carbocycles. The maximum absolute atomic E-state index is 12.1. The molecule has 1 aliphatic heterocycles. The molecule has 2 amide bonds. The highest BCUT2D eigenvalue weighted by Gasteiger charge is 2.24. The third-order valence-electron chi connectivity index (χ3n) is 6.55. The molecular formula is C25H31ClN6O3. The first-order chi connectivity index (χ1) is 17.0. The summed E-state index contributed by atoms with van der Waals surface area (Å²) in [5.74, 6) is 0.679. The topological polar surface area (TPSA) is 119 Å². The van der Waals surface area contributed by atoms with Crippen LogP contribution in [0.1, 0.15) is 50.0 Å². The Bertz CT molecular complexity index is 1090. The Labute approximate surface area is 210 Å². The van der Waals surface area contributed by atoms with Crippen LogP contribution in [0.2, 0.25) is 5.02 Å². The van der Waals surface area contributed by atoms with E-state index in [1.807, 2.05) is 12.1 Å². The number of aromatic nitrogens is 2. The third kappa shape index (κ3) is 6.29. The van der Waals surface area contributed by atoms with Gasteiger partial charge in [-0.05, 0) is 55.4 Å². The van der Waals surface area contributed by atoms with Crippen LogP contribution < -0.4 is 16.0 Å². The lowest BCUT2D eigenvalue weighted by molar-refractivity contribution is -0.135. The summed E-state index contributed by atoms with van der Waals surface area (Å²) in [6.07, 6.45) is 9.16. The fraction of sp³-hybridized carbons (Fsp3) is 0.440. The average Bonchev–Trinajstić information content (AvgIpc) is 3.41. The highest BCUT2D eigenvalue weighted by atomic mass is 35.5. The number of nitrogens with one attached hydrogen (secondary N) is 3. The number of hydrogen-bond acceptors (Lipinski definition) is 7. The number of likely N-dealkylation sites (tertiary alicyclic amines) is 1. The normalized spacial score (nSPS) is 18.2. The van der Waals surface area contributed by atoms with Gasteiger partial charge >= 0.3 is 0 Å². The predicted octanol–water partition coefficient (Wildman–Crippen LogP) is 4.05. The highest BCUT2D eigenvalue weighted by molar-refractivity contribution is 6.33. The summed E-state index contributed by atoms with van der Waals surface area (Å²) in [7, 11) is 0. The van der Waals surface area contributed by atoms with E-state index in [1.165, 1.54) is 30.7 Å². The number of nitrogens with zero attached hydrogens (tertiary/aromatic N) is 3. The molecule has 1 saturated heterocycles. The summed E-state index contributed by atoms with van der Waals surface area (Å²) in [6.45, 7) is 4.15. The Morgan fingerprint density at radius 2 is 2.00 bits per heavy atom. The largest absolute Gasteiger partial charge is 0.387 e. The smallest absolute Gasteiger partial charge is 0.248 e. The zero-order valence-corrected chi connectivity index (χ0v) is 20.4. The van der Waals surface area contributed by atoms with Gasteiger partial charge in [-0.2, -0.15) is 4.98 Å². The molecule has 0 unspecified atom stereocenters. The van der Waals surface area contributed by atoms with Crippen LogP contribution in [-0.2, 0) is 9.59 Å². The van der Waals surface area contributed by atoms with Gasteiger partial charge in [-0.25, -0.2) is 4.98 Å². The van der Waals surface area contributed by atoms with Gasteiger partial charge in [0, 0.05) is 19.1 Å². The van der Waals surface area contributed by atoms with Gasteiger partial charge in [0.25, 0.3) is 0 Å². The van der Waals surface area contributed by atoms with Crippen molar-refractivity contribution in [1.29, 1.82) is 0 Å². The third-order valence-corrected chi connectivity index (χ3v) is 6.83. The minimum absolute atomic E-state index is 0.0404. The summed E-state index contributed by atoms with van der Waals surface area (Å²) in [6, 6.07) is 5.96. The number of anilines is 4. The quantitative estimate of drug-likeness (QED) is 0.405. The van der Waals surface area contributed by atoms with E-state index in [4.69, 9.17) is 16.7 Å². The van der Waals surface area contributed by atoms with Gasteiger partial charge in [0.05, 0.1) is 17.6 Å². The molecule has 2 heterocycles. The van der Waals surface area contributed by atoms with Crippen molar-refractivity contribution in [2.75, 3.05) is 35.6 Å². The summed E-state index contributed by atoms with van der Waals surface area (Å²) < 4.78 is 0. The average molecular weight is 499 g/mol. The number of rotatable bonds is 8. The van der Waals surface area contributed by atoms with Gasteiger partial charge in [-0.3, -0.25) is 9.59 Å². The number of hydrogen-bond donors (Lipinski definition) is 4. The molecule has 1 aromatic heterocycles. The predicted molar refractivity (Wildman–Crippen MR) is 137 cm³/mol. The Kier molecular flexibility index (Phi) is 8.20. The minimum atomic E-state index is -0.498. The van der Waals surface area contributed by atoms with Gasteiger partial charge < -0.3 is 26.0 Å². The van der Waals surface area contributed by atoms with Gasteiger partial charge in [0.15, 0.2) is 5.82 Å².